The lowest BCUT2D eigenvalue weighted by Crippen LogP contribution is -2.28. The summed E-state index contributed by atoms with van der Waals surface area (Å²) in [6.45, 7) is 0. The quantitative estimate of drug-likeness (QED) is 0.342. The summed E-state index contributed by atoms with van der Waals surface area (Å²) in [7, 11) is 3.73. The summed E-state index contributed by atoms with van der Waals surface area (Å²) in [6, 6.07) is 39.7. The van der Waals surface area contributed by atoms with Crippen molar-refractivity contribution in [1.82, 2.24) is 4.90 Å². The van der Waals surface area contributed by atoms with Gasteiger partial charge in [0.2, 0.25) is 0 Å². The van der Waals surface area contributed by atoms with Crippen LogP contribution in [0.25, 0.3) is 0 Å². The van der Waals surface area contributed by atoms with Crippen LogP contribution in [0.2, 0.25) is 0 Å². The van der Waals surface area contributed by atoms with Crippen molar-refractivity contribution < 1.29 is 0 Å². The summed E-state index contributed by atoms with van der Waals surface area (Å²) in [5.41, 5.74) is 2.73. The number of hydrogen-bond donors (Lipinski definition) is 0. The van der Waals surface area contributed by atoms with E-state index in [-0.39, 0.29) is 6.04 Å². The Kier molecular flexibility index (Phi) is 5.76. The molecule has 0 aromatic heterocycles. The number of rotatable bonds is 6. The molecule has 0 N–H and O–H groups in total. The molecule has 0 radical (unpaired) electrons. The molecule has 0 heterocycles. The Labute approximate surface area is 169 Å². The first kappa shape index (κ1) is 18.7. The third-order valence-corrected chi connectivity index (χ3v) is 7.54. The normalized spacial score (nSPS) is 12.4. The molecule has 0 aliphatic carbocycles. The zero-order valence-corrected chi connectivity index (χ0v) is 17.3. The minimum absolute atomic E-state index is 0.239. The van der Waals surface area contributed by atoms with Crippen molar-refractivity contribution in [2.45, 2.75) is 6.04 Å². The van der Waals surface area contributed by atoms with Gasteiger partial charge in [-0.15, -0.1) is 10.9 Å². The molecule has 140 valence electrons. The molecule has 0 amide bonds. The molecular weight excluding hydrogens is 357 g/mol. The van der Waals surface area contributed by atoms with E-state index in [0.717, 1.165) is 0 Å². The van der Waals surface area contributed by atoms with E-state index in [2.05, 4.69) is 128 Å². The van der Waals surface area contributed by atoms with Crippen LogP contribution in [0.3, 0.4) is 0 Å². The minimum atomic E-state index is -0.604. The molecule has 1 atom stereocenters. The van der Waals surface area contributed by atoms with Gasteiger partial charge in [0.25, 0.3) is 0 Å². The highest BCUT2D eigenvalue weighted by Crippen LogP contribution is 2.38. The zero-order valence-electron chi connectivity index (χ0n) is 16.4. The molecule has 4 aromatic rings. The molecule has 2 heteroatoms. The summed E-state index contributed by atoms with van der Waals surface area (Å²) in [6.07, 6.45) is 0. The number of benzene rings is 3. The molecule has 0 fully saturated rings. The second-order valence-corrected chi connectivity index (χ2v) is 9.34. The second-order valence-electron chi connectivity index (χ2n) is 7.15. The topological polar surface area (TPSA) is 3.24 Å². The van der Waals surface area contributed by atoms with Gasteiger partial charge in [0.1, 0.15) is 0 Å². The number of nitrogens with zero attached hydrogens (tertiary/aromatic N) is 1. The fourth-order valence-electron chi connectivity index (χ4n) is 3.83. The lowest BCUT2D eigenvalue weighted by Gasteiger charge is -2.33. The van der Waals surface area contributed by atoms with E-state index in [4.69, 9.17) is 0 Å². The molecule has 0 unspecified atom stereocenters. The molecule has 4 rings (SSSR count). The van der Waals surface area contributed by atoms with Crippen LogP contribution in [-0.4, -0.2) is 19.0 Å². The molecule has 28 heavy (non-hydrogen) atoms. The Morgan fingerprint density at radius 3 is 1.64 bits per heavy atom. The third kappa shape index (κ3) is 3.83. The lowest BCUT2D eigenvalue weighted by atomic mass is 10.00. The van der Waals surface area contributed by atoms with Crippen molar-refractivity contribution in [2.75, 3.05) is 14.1 Å². The Morgan fingerprint density at radius 1 is 0.643 bits per heavy atom. The molecule has 4 aromatic carbocycles. The Balaban J connectivity index is 1.87. The smallest absolute Gasteiger partial charge is 0.0150 e. The highest BCUT2D eigenvalue weighted by molar-refractivity contribution is 7.79. The molecule has 0 spiro atoms. The number of hydrogen-bond acceptors (Lipinski definition) is 1. The van der Waals surface area contributed by atoms with E-state index in [1.165, 1.54) is 27.0 Å². The largest absolute Gasteiger partial charge is 0.309 e. The highest BCUT2D eigenvalue weighted by atomic mass is 31.1. The zero-order chi connectivity index (χ0) is 19.3. The van der Waals surface area contributed by atoms with Crippen LogP contribution in [0.15, 0.2) is 109 Å². The van der Waals surface area contributed by atoms with Crippen molar-refractivity contribution in [3.63, 3.8) is 0 Å². The first-order valence-corrected chi connectivity index (χ1v) is 11.0. The molecule has 0 bridgehead atoms. The summed E-state index contributed by atoms with van der Waals surface area (Å²) in [5, 5.41) is 4.22. The van der Waals surface area contributed by atoms with E-state index < -0.39 is 7.92 Å². The van der Waals surface area contributed by atoms with Crippen LogP contribution < -0.4 is 15.9 Å². The van der Waals surface area contributed by atoms with Crippen LogP contribution in [-0.2, 0) is 0 Å². The SMILES string of the molecule is CN(C)[C@@H](c1ccccc1)[c-]1cccc1P(c1ccccc1)c1ccccc1. The van der Waals surface area contributed by atoms with Gasteiger partial charge in [0.05, 0.1) is 0 Å². The fraction of sp³-hybridized carbons (Fsp3) is 0.115. The van der Waals surface area contributed by atoms with E-state index in [1.54, 1.807) is 0 Å². The average molecular weight is 382 g/mol. The maximum absolute atomic E-state index is 2.32. The van der Waals surface area contributed by atoms with Gasteiger partial charge in [-0.1, -0.05) is 91.0 Å². The van der Waals surface area contributed by atoms with Gasteiger partial charge in [-0.05, 0) is 38.2 Å². The minimum Gasteiger partial charge on any atom is -0.309 e. The van der Waals surface area contributed by atoms with Gasteiger partial charge in [-0.3, -0.25) is 0 Å². The predicted molar refractivity (Wildman–Crippen MR) is 123 cm³/mol. The van der Waals surface area contributed by atoms with Crippen LogP contribution in [0.1, 0.15) is 17.2 Å². The van der Waals surface area contributed by atoms with Gasteiger partial charge in [0, 0.05) is 6.04 Å². The standard InChI is InChI=1S/C26H25NP/c1-27(2)26(21-13-6-3-7-14-21)24-19-12-20-25(24)28(22-15-8-4-9-16-22)23-17-10-5-11-18-23/h3-20,26H,1-2H3/q-1/t26-/m0/s1. The van der Waals surface area contributed by atoms with E-state index >= 15 is 0 Å². The molecule has 0 saturated heterocycles. The summed E-state index contributed by atoms with van der Waals surface area (Å²) >= 11 is 0. The summed E-state index contributed by atoms with van der Waals surface area (Å²) < 4.78 is 0. The molecule has 0 saturated carbocycles. The first-order chi connectivity index (χ1) is 13.8. The first-order valence-electron chi connectivity index (χ1n) is 9.63. The maximum atomic E-state index is 2.32. The van der Waals surface area contributed by atoms with Gasteiger partial charge in [-0.25, -0.2) is 12.1 Å². The van der Waals surface area contributed by atoms with Crippen LogP contribution in [0, 0.1) is 0 Å². The van der Waals surface area contributed by atoms with Gasteiger partial charge >= 0.3 is 0 Å². The van der Waals surface area contributed by atoms with Gasteiger partial charge < -0.3 is 4.90 Å². The van der Waals surface area contributed by atoms with Crippen molar-refractivity contribution in [1.29, 1.82) is 0 Å². The Hall–Kier alpha value is -2.60. The molecule has 0 aliphatic rings. The van der Waals surface area contributed by atoms with Gasteiger partial charge in [0.15, 0.2) is 0 Å². The van der Waals surface area contributed by atoms with Crippen molar-refractivity contribution in [3.8, 4) is 0 Å². The predicted octanol–water partition coefficient (Wildman–Crippen LogP) is 4.81. The van der Waals surface area contributed by atoms with Gasteiger partial charge in [-0.2, -0.15) is 6.07 Å². The van der Waals surface area contributed by atoms with E-state index in [0.29, 0.717) is 0 Å². The average Bonchev–Trinajstić information content (AvgIpc) is 3.19. The molecule has 0 aliphatic heterocycles. The van der Waals surface area contributed by atoms with Crippen molar-refractivity contribution in [3.05, 3.63) is 120 Å². The second kappa shape index (κ2) is 8.61. The third-order valence-electron chi connectivity index (χ3n) is 5.02. The Bertz CT molecular complexity index is 951. The molecule has 1 nitrogen and oxygen atoms in total. The monoisotopic (exact) mass is 382 g/mol. The molecular formula is C26H25NP-. The van der Waals surface area contributed by atoms with Crippen LogP contribution in [0.5, 0.6) is 0 Å². The van der Waals surface area contributed by atoms with E-state index in [1.807, 2.05) is 0 Å². The fourth-order valence-corrected chi connectivity index (χ4v) is 6.32. The van der Waals surface area contributed by atoms with Crippen LogP contribution >= 0.6 is 7.92 Å². The lowest BCUT2D eigenvalue weighted by molar-refractivity contribution is 0.344. The van der Waals surface area contributed by atoms with Crippen LogP contribution in [0.4, 0.5) is 0 Å². The summed E-state index contributed by atoms with van der Waals surface area (Å²) in [4.78, 5) is 2.32. The Morgan fingerprint density at radius 2 is 1.14 bits per heavy atom. The summed E-state index contributed by atoms with van der Waals surface area (Å²) in [5.74, 6) is 0. The van der Waals surface area contributed by atoms with E-state index in [9.17, 15) is 0 Å². The van der Waals surface area contributed by atoms with Crippen molar-refractivity contribution in [2.24, 2.45) is 0 Å². The van der Waals surface area contributed by atoms with Crippen molar-refractivity contribution >= 4 is 23.8 Å². The highest BCUT2D eigenvalue weighted by Gasteiger charge is 2.20. The maximum Gasteiger partial charge on any atom is 0.0150 e.